The molecule has 21 heteroatoms. The Morgan fingerprint density at radius 2 is 1.39 bits per heavy atom. The Hall–Kier alpha value is -1.99. The molecule has 18 nitrogen and oxygen atoms in total. The van der Waals surface area contributed by atoms with Crippen molar-refractivity contribution >= 4 is 62.6 Å². The molecule has 2 rings (SSSR count). The molecule has 4 atom stereocenters. The molecule has 4 amide bonds. The molecule has 0 aromatic heterocycles. The molecule has 1 aliphatic heterocycles. The molecule has 0 saturated carbocycles. The van der Waals surface area contributed by atoms with E-state index in [2.05, 4.69) is 21.3 Å². The monoisotopic (exact) mass is 922 g/mol. The molecular formula is C40H63KN6O12S2. The fourth-order valence-corrected chi connectivity index (χ4v) is 8.18. The van der Waals surface area contributed by atoms with Crippen LogP contribution in [0.4, 0.5) is 0 Å². The number of nitrogens with two attached hydrogens (primary N) is 1. The number of primary amides is 1. The van der Waals surface area contributed by atoms with Gasteiger partial charge in [-0.1, -0.05) is 46.7 Å². The maximum atomic E-state index is 13.6. The Balaban J connectivity index is 0.0000186. The number of Topliss-reactive ketones (excluding diaryl/α,β-unsaturated/α-hetero) is 3. The SMILES string of the molecule is CCCC(=O)NCCOCCOCC(=O)NCCOCCOCC(=O)NCCCC[C@H](NCC(=O)[C@@H]1CSSC[C@H]([NH-])C(=O)C1)C(=O)C[C@@H](Cc1ccc(O)cc1)C(N)=O.[K+]. The average Bonchev–Trinajstić information content (AvgIpc) is 3.21. The first-order valence-corrected chi connectivity index (χ1v) is 22.8. The first kappa shape index (κ1) is 57.0. The van der Waals surface area contributed by atoms with Crippen molar-refractivity contribution in [1.29, 1.82) is 0 Å². The second-order valence-corrected chi connectivity index (χ2v) is 16.7. The van der Waals surface area contributed by atoms with Gasteiger partial charge in [-0.2, -0.15) is 0 Å². The molecule has 1 aliphatic rings. The summed E-state index contributed by atoms with van der Waals surface area (Å²) in [5.74, 6) is -2.63. The zero-order valence-electron chi connectivity index (χ0n) is 35.5. The molecule has 8 N–H and O–H groups in total. The number of carbonyl (C=O) groups is 7. The summed E-state index contributed by atoms with van der Waals surface area (Å²) in [4.78, 5) is 87.0. The van der Waals surface area contributed by atoms with Crippen LogP contribution in [-0.4, -0.2) is 149 Å². The van der Waals surface area contributed by atoms with E-state index in [1.165, 1.54) is 33.7 Å². The smallest absolute Gasteiger partial charge is 0.668 e. The van der Waals surface area contributed by atoms with Crippen LogP contribution in [0.15, 0.2) is 24.3 Å². The number of ketones is 3. The summed E-state index contributed by atoms with van der Waals surface area (Å²) in [5.41, 5.74) is 14.4. The van der Waals surface area contributed by atoms with Gasteiger partial charge in [0.1, 0.15) is 24.7 Å². The summed E-state index contributed by atoms with van der Waals surface area (Å²) in [7, 11) is 2.84. The van der Waals surface area contributed by atoms with Crippen molar-refractivity contribution in [2.45, 2.75) is 70.4 Å². The molecule has 338 valence electrons. The van der Waals surface area contributed by atoms with Crippen LogP contribution < -0.4 is 78.4 Å². The molecule has 1 aromatic carbocycles. The van der Waals surface area contributed by atoms with Crippen LogP contribution >= 0.6 is 21.6 Å². The summed E-state index contributed by atoms with van der Waals surface area (Å²) in [5, 5.41) is 20.8. The Kier molecular flexibility index (Phi) is 33.1. The third-order valence-electron chi connectivity index (χ3n) is 9.12. The summed E-state index contributed by atoms with van der Waals surface area (Å²) in [6.45, 7) is 4.00. The molecule has 61 heavy (non-hydrogen) atoms. The minimum absolute atomic E-state index is 0. The third-order valence-corrected chi connectivity index (χ3v) is 11.6. The van der Waals surface area contributed by atoms with Gasteiger partial charge in [0.15, 0.2) is 11.6 Å². The van der Waals surface area contributed by atoms with E-state index < -0.39 is 29.8 Å². The molecule has 1 saturated heterocycles. The number of hydrogen-bond acceptors (Lipinski definition) is 15. The van der Waals surface area contributed by atoms with E-state index in [1.54, 1.807) is 12.1 Å². The molecular weight excluding hydrogens is 860 g/mol. The van der Waals surface area contributed by atoms with Crippen LogP contribution in [0.5, 0.6) is 5.75 Å². The number of aromatic hydroxyl groups is 1. The van der Waals surface area contributed by atoms with E-state index in [4.69, 9.17) is 30.4 Å². The first-order valence-electron chi connectivity index (χ1n) is 20.3. The molecule has 0 radical (unpaired) electrons. The molecule has 1 heterocycles. The van der Waals surface area contributed by atoms with Crippen molar-refractivity contribution in [2.24, 2.45) is 17.6 Å². The maximum Gasteiger partial charge on any atom is 1.00 e. The van der Waals surface area contributed by atoms with Crippen LogP contribution in [0.25, 0.3) is 5.73 Å². The number of unbranched alkanes of at least 4 members (excludes halogenated alkanes) is 1. The Bertz CT molecular complexity index is 1480. The molecule has 1 fully saturated rings. The molecule has 0 aliphatic carbocycles. The predicted octanol–water partition coefficient (Wildman–Crippen LogP) is -1.70. The Labute approximate surface area is 409 Å². The van der Waals surface area contributed by atoms with Crippen LogP contribution in [0, 0.1) is 11.8 Å². The number of amides is 4. The van der Waals surface area contributed by atoms with Gasteiger partial charge in [-0.25, -0.2) is 0 Å². The number of carbonyl (C=O) groups excluding carboxylic acids is 7. The van der Waals surface area contributed by atoms with Gasteiger partial charge in [-0.15, -0.1) is 0 Å². The van der Waals surface area contributed by atoms with E-state index in [9.17, 15) is 38.7 Å². The maximum absolute atomic E-state index is 13.6. The third kappa shape index (κ3) is 27.7. The van der Waals surface area contributed by atoms with Crippen LogP contribution in [0.2, 0.25) is 0 Å². The van der Waals surface area contributed by atoms with E-state index in [-0.39, 0.29) is 164 Å². The van der Waals surface area contributed by atoms with E-state index >= 15 is 0 Å². The number of ether oxygens (including phenoxy) is 4. The molecule has 0 unspecified atom stereocenters. The van der Waals surface area contributed by atoms with Gasteiger partial charge in [-0.05, 0) is 55.6 Å². The van der Waals surface area contributed by atoms with Gasteiger partial charge in [0.05, 0.1) is 52.2 Å². The van der Waals surface area contributed by atoms with E-state index in [0.717, 1.165) is 12.0 Å². The van der Waals surface area contributed by atoms with Crippen molar-refractivity contribution in [1.82, 2.24) is 21.3 Å². The van der Waals surface area contributed by atoms with Crippen molar-refractivity contribution in [3.05, 3.63) is 35.6 Å². The minimum Gasteiger partial charge on any atom is -0.668 e. The zero-order chi connectivity index (χ0) is 44.0. The largest absolute Gasteiger partial charge is 1.00 e. The van der Waals surface area contributed by atoms with Crippen molar-refractivity contribution in [3.8, 4) is 5.75 Å². The van der Waals surface area contributed by atoms with Crippen molar-refractivity contribution in [2.75, 3.05) is 90.5 Å². The molecule has 0 bridgehead atoms. The minimum atomic E-state index is -0.881. The number of phenolic OH excluding ortho intramolecular Hbond substituents is 1. The number of nitrogens with one attached hydrogen (secondary N) is 5. The predicted molar refractivity (Wildman–Crippen MR) is 228 cm³/mol. The standard InChI is InChI=1S/C40H63N6O12S2.K/c1-2-5-37(51)44-12-14-55-16-19-58-25-39(53)45-13-15-56-17-18-57-24-38(52)43-11-4-3-6-33(46-23-36(50)30-22-34(48)32(41)27-60-59-26-30)35(49)21-29(40(42)54)20-28-7-9-31(47)10-8-28;/h7-10,29-30,32-33,41,46-47H,2-6,11-27H2,1H3,(H2,42,54)(H,43,52)(H,44,51)(H,45,53);/q-1;+1/t29-,30+,32+,33+;/m1./s1. The number of hydrogen-bond donors (Lipinski definition) is 6. The van der Waals surface area contributed by atoms with Crippen LogP contribution in [0.1, 0.15) is 57.4 Å². The molecule has 1 aromatic rings. The second kappa shape index (κ2) is 35.4. The van der Waals surface area contributed by atoms with Gasteiger partial charge in [0.25, 0.3) is 0 Å². The number of benzene rings is 1. The fraction of sp³-hybridized carbons (Fsp3) is 0.675. The number of phenols is 1. The summed E-state index contributed by atoms with van der Waals surface area (Å²) in [6, 6.07) is 4.59. The second-order valence-electron chi connectivity index (χ2n) is 14.2. The van der Waals surface area contributed by atoms with E-state index in [0.29, 0.717) is 63.5 Å². The molecule has 0 spiro atoms. The quantitative estimate of drug-likeness (QED) is 0.0261. The topological polar surface area (TPSA) is 275 Å². The first-order chi connectivity index (χ1) is 28.9. The van der Waals surface area contributed by atoms with Crippen molar-refractivity contribution < 1.29 is 109 Å². The van der Waals surface area contributed by atoms with E-state index in [1.807, 2.05) is 6.92 Å². The van der Waals surface area contributed by atoms with Gasteiger partial charge < -0.3 is 61.6 Å². The van der Waals surface area contributed by atoms with Gasteiger partial charge >= 0.3 is 51.4 Å². The average molecular weight is 923 g/mol. The summed E-state index contributed by atoms with van der Waals surface area (Å²) < 4.78 is 21.4. The summed E-state index contributed by atoms with van der Waals surface area (Å²) >= 11 is 0. The van der Waals surface area contributed by atoms with Gasteiger partial charge in [0.2, 0.25) is 23.6 Å². The van der Waals surface area contributed by atoms with Crippen LogP contribution in [-0.2, 0) is 58.9 Å². The Morgan fingerprint density at radius 3 is 2.00 bits per heavy atom. The fourth-order valence-electron chi connectivity index (χ4n) is 5.72. The zero-order valence-corrected chi connectivity index (χ0v) is 40.3. The van der Waals surface area contributed by atoms with Crippen molar-refractivity contribution in [3.63, 3.8) is 0 Å². The Morgan fingerprint density at radius 1 is 0.820 bits per heavy atom. The van der Waals surface area contributed by atoms with Gasteiger partial charge in [-0.3, -0.25) is 28.8 Å². The normalized spacial score (nSPS) is 16.3. The summed E-state index contributed by atoms with van der Waals surface area (Å²) in [6.07, 6.45) is 2.61. The van der Waals surface area contributed by atoms with Gasteiger partial charge in [0, 0.05) is 56.5 Å². The number of rotatable bonds is 33. The van der Waals surface area contributed by atoms with Crippen LogP contribution in [0.3, 0.4) is 0 Å².